The molecule has 21 heavy (non-hydrogen) atoms. The third-order valence-electron chi connectivity index (χ3n) is 3.19. The number of nitrogens with one attached hydrogen (secondary N) is 1. The first-order chi connectivity index (χ1) is 10.3. The molecule has 2 aromatic heterocycles. The number of rotatable bonds is 5. The fourth-order valence-electron chi connectivity index (χ4n) is 2.12. The van der Waals surface area contributed by atoms with Crippen molar-refractivity contribution < 1.29 is 18.7 Å². The zero-order valence-corrected chi connectivity index (χ0v) is 12.0. The Hall–Kier alpha value is -1.77. The van der Waals surface area contributed by atoms with Gasteiger partial charge in [-0.1, -0.05) is 0 Å². The van der Waals surface area contributed by atoms with Gasteiger partial charge in [0.25, 0.3) is 5.91 Å². The maximum absolute atomic E-state index is 12.0. The number of oxazole rings is 1. The number of nitrogens with zero attached hydrogens (tertiary/aromatic N) is 2. The van der Waals surface area contributed by atoms with E-state index in [-0.39, 0.29) is 23.8 Å². The van der Waals surface area contributed by atoms with Gasteiger partial charge >= 0.3 is 0 Å². The monoisotopic (exact) mass is 309 g/mol. The number of hydrogen-bond acceptors (Lipinski definition) is 7. The normalized spacial score (nSPS) is 22.1. The van der Waals surface area contributed by atoms with Gasteiger partial charge in [0.2, 0.25) is 5.76 Å². The molecule has 1 amide bonds. The topological polar surface area (TPSA) is 86.5 Å². The van der Waals surface area contributed by atoms with Gasteiger partial charge in [0, 0.05) is 12.0 Å². The Labute approximate surface area is 125 Å². The smallest absolute Gasteiger partial charge is 0.289 e. The highest BCUT2D eigenvalue weighted by molar-refractivity contribution is 7.07. The lowest BCUT2D eigenvalue weighted by Gasteiger charge is -2.31. The Balaban J connectivity index is 1.57. The molecule has 7 nitrogen and oxygen atoms in total. The highest BCUT2D eigenvalue weighted by Gasteiger charge is 2.29. The van der Waals surface area contributed by atoms with Crippen molar-refractivity contribution in [3.05, 3.63) is 34.9 Å². The van der Waals surface area contributed by atoms with Gasteiger partial charge in [-0.05, 0) is 6.42 Å². The Bertz CT molecular complexity index is 558. The minimum atomic E-state index is -0.315. The van der Waals surface area contributed by atoms with Crippen LogP contribution in [0.4, 0.5) is 0 Å². The Kier molecular flexibility index (Phi) is 4.59. The zero-order chi connectivity index (χ0) is 14.5. The summed E-state index contributed by atoms with van der Waals surface area (Å²) in [6.45, 7) is 1.47. The fraction of sp³-hybridized carbons (Fsp3) is 0.462. The third-order valence-corrected chi connectivity index (χ3v) is 3.83. The van der Waals surface area contributed by atoms with Crippen LogP contribution in [0, 0.1) is 0 Å². The summed E-state index contributed by atoms with van der Waals surface area (Å²) < 4.78 is 16.3. The molecule has 1 N–H and O–H groups in total. The summed E-state index contributed by atoms with van der Waals surface area (Å²) in [6.07, 6.45) is 3.23. The van der Waals surface area contributed by atoms with Gasteiger partial charge in [-0.2, -0.15) is 0 Å². The van der Waals surface area contributed by atoms with E-state index in [1.54, 1.807) is 5.51 Å². The van der Waals surface area contributed by atoms with Crippen LogP contribution in [0.2, 0.25) is 0 Å². The van der Waals surface area contributed by atoms with Gasteiger partial charge in [-0.3, -0.25) is 4.79 Å². The molecule has 0 saturated carbocycles. The standard InChI is InChI=1S/C13H15N3O4S/c17-13(12-3-14-7-20-12)16-10-5-18-2-1-11(10)19-4-9-6-21-8-15-9/h3,6-8,10-11H,1-2,4-5H2,(H,16,17)/t10-,11+/m1/s1. The maximum Gasteiger partial charge on any atom is 0.289 e. The second-order valence-electron chi connectivity index (χ2n) is 4.64. The summed E-state index contributed by atoms with van der Waals surface area (Å²) in [5.41, 5.74) is 2.66. The van der Waals surface area contributed by atoms with Gasteiger partial charge in [0.05, 0.1) is 42.8 Å². The predicted molar refractivity (Wildman–Crippen MR) is 73.9 cm³/mol. The number of ether oxygens (including phenoxy) is 2. The van der Waals surface area contributed by atoms with Crippen LogP contribution in [0.1, 0.15) is 22.7 Å². The van der Waals surface area contributed by atoms with Crippen molar-refractivity contribution in [2.45, 2.75) is 25.2 Å². The number of thiazole rings is 1. The molecule has 0 unspecified atom stereocenters. The Morgan fingerprint density at radius 1 is 1.57 bits per heavy atom. The van der Waals surface area contributed by atoms with Crippen molar-refractivity contribution in [1.29, 1.82) is 0 Å². The molecule has 3 heterocycles. The van der Waals surface area contributed by atoms with Crippen LogP contribution in [0.15, 0.2) is 27.9 Å². The van der Waals surface area contributed by atoms with Gasteiger partial charge in [-0.25, -0.2) is 9.97 Å². The minimum Gasteiger partial charge on any atom is -0.438 e. The van der Waals surface area contributed by atoms with E-state index in [4.69, 9.17) is 13.9 Å². The summed E-state index contributed by atoms with van der Waals surface area (Å²) in [6, 6.07) is -0.213. The summed E-state index contributed by atoms with van der Waals surface area (Å²) in [7, 11) is 0. The lowest BCUT2D eigenvalue weighted by Crippen LogP contribution is -2.50. The number of aromatic nitrogens is 2. The van der Waals surface area contributed by atoms with Crippen LogP contribution in [-0.4, -0.2) is 41.2 Å². The third kappa shape index (κ3) is 3.66. The molecule has 1 aliphatic heterocycles. The highest BCUT2D eigenvalue weighted by Crippen LogP contribution is 2.15. The van der Waals surface area contributed by atoms with E-state index in [0.29, 0.717) is 19.8 Å². The molecule has 1 fully saturated rings. The largest absolute Gasteiger partial charge is 0.438 e. The van der Waals surface area contributed by atoms with Gasteiger partial charge in [0.1, 0.15) is 0 Å². The number of carbonyl (C=O) groups is 1. The molecular formula is C13H15N3O4S. The first-order valence-corrected chi connectivity index (χ1v) is 7.53. The predicted octanol–water partition coefficient (Wildman–Crippen LogP) is 1.24. The molecular weight excluding hydrogens is 294 g/mol. The number of carbonyl (C=O) groups excluding carboxylic acids is 1. The van der Waals surface area contributed by atoms with E-state index in [1.165, 1.54) is 23.9 Å². The molecule has 0 bridgehead atoms. The van der Waals surface area contributed by atoms with Gasteiger partial charge < -0.3 is 19.2 Å². The molecule has 0 aliphatic carbocycles. The van der Waals surface area contributed by atoms with Crippen molar-refractivity contribution in [1.82, 2.24) is 15.3 Å². The average molecular weight is 309 g/mol. The maximum atomic E-state index is 12.0. The Morgan fingerprint density at radius 3 is 3.29 bits per heavy atom. The summed E-state index contributed by atoms with van der Waals surface area (Å²) >= 11 is 1.53. The Morgan fingerprint density at radius 2 is 2.52 bits per heavy atom. The van der Waals surface area contributed by atoms with Crippen LogP contribution in [0.25, 0.3) is 0 Å². The van der Waals surface area contributed by atoms with Crippen LogP contribution >= 0.6 is 11.3 Å². The molecule has 8 heteroatoms. The number of amides is 1. The van der Waals surface area contributed by atoms with Crippen molar-refractivity contribution in [3.8, 4) is 0 Å². The van der Waals surface area contributed by atoms with Crippen LogP contribution in [-0.2, 0) is 16.1 Å². The molecule has 0 spiro atoms. The van der Waals surface area contributed by atoms with E-state index in [0.717, 1.165) is 12.1 Å². The SMILES string of the molecule is O=C(N[C@@H]1COCC[C@@H]1OCc1cscn1)c1cnco1. The first kappa shape index (κ1) is 14.2. The van der Waals surface area contributed by atoms with E-state index >= 15 is 0 Å². The second-order valence-corrected chi connectivity index (χ2v) is 5.36. The molecule has 3 rings (SSSR count). The van der Waals surface area contributed by atoms with Crippen molar-refractivity contribution in [2.75, 3.05) is 13.2 Å². The van der Waals surface area contributed by atoms with Gasteiger partial charge in [0.15, 0.2) is 6.39 Å². The summed E-state index contributed by atoms with van der Waals surface area (Å²) in [5, 5.41) is 4.81. The molecule has 2 atom stereocenters. The molecule has 2 aromatic rings. The fourth-order valence-corrected chi connectivity index (χ4v) is 2.66. The van der Waals surface area contributed by atoms with E-state index in [2.05, 4.69) is 15.3 Å². The first-order valence-electron chi connectivity index (χ1n) is 6.58. The molecule has 0 radical (unpaired) electrons. The molecule has 0 aromatic carbocycles. The van der Waals surface area contributed by atoms with Gasteiger partial charge in [-0.15, -0.1) is 11.3 Å². The molecule has 112 valence electrons. The second kappa shape index (κ2) is 6.79. The lowest BCUT2D eigenvalue weighted by molar-refractivity contribution is -0.0613. The van der Waals surface area contributed by atoms with Crippen molar-refractivity contribution >= 4 is 17.2 Å². The summed E-state index contributed by atoms with van der Waals surface area (Å²) in [4.78, 5) is 19.9. The van der Waals surface area contributed by atoms with Crippen LogP contribution < -0.4 is 5.32 Å². The number of hydrogen-bond donors (Lipinski definition) is 1. The van der Waals surface area contributed by atoms with Crippen LogP contribution in [0.5, 0.6) is 0 Å². The van der Waals surface area contributed by atoms with Crippen LogP contribution in [0.3, 0.4) is 0 Å². The minimum absolute atomic E-state index is 0.104. The highest BCUT2D eigenvalue weighted by atomic mass is 32.1. The zero-order valence-electron chi connectivity index (χ0n) is 11.2. The van der Waals surface area contributed by atoms with Crippen molar-refractivity contribution in [2.24, 2.45) is 0 Å². The average Bonchev–Trinajstić information content (AvgIpc) is 3.20. The molecule has 1 aliphatic rings. The van der Waals surface area contributed by atoms with E-state index in [1.807, 2.05) is 5.38 Å². The van der Waals surface area contributed by atoms with E-state index < -0.39 is 0 Å². The lowest BCUT2D eigenvalue weighted by atomic mass is 10.1. The quantitative estimate of drug-likeness (QED) is 0.894. The van der Waals surface area contributed by atoms with E-state index in [9.17, 15) is 4.79 Å². The van der Waals surface area contributed by atoms with Crippen molar-refractivity contribution in [3.63, 3.8) is 0 Å². The summed E-state index contributed by atoms with van der Waals surface area (Å²) in [5.74, 6) is -0.135. The molecule has 1 saturated heterocycles.